The maximum absolute atomic E-state index is 14.6. The lowest BCUT2D eigenvalue weighted by Gasteiger charge is -2.13. The lowest BCUT2D eigenvalue weighted by Crippen LogP contribution is -2.34. The summed E-state index contributed by atoms with van der Waals surface area (Å²) in [6, 6.07) is 3.12. The van der Waals surface area contributed by atoms with E-state index in [-0.39, 0.29) is 12.0 Å². The van der Waals surface area contributed by atoms with Crippen molar-refractivity contribution in [2.24, 2.45) is 0 Å². The molecule has 26 heavy (non-hydrogen) atoms. The van der Waals surface area contributed by atoms with Crippen LogP contribution < -0.4 is 31.1 Å². The van der Waals surface area contributed by atoms with Gasteiger partial charge in [-0.15, -0.1) is 0 Å². The molecule has 0 radical (unpaired) electrons. The fourth-order valence-corrected chi connectivity index (χ4v) is 2.86. The Hall–Kier alpha value is -3.09. The summed E-state index contributed by atoms with van der Waals surface area (Å²) in [5.74, 6) is 0.0919. The van der Waals surface area contributed by atoms with Crippen molar-refractivity contribution in [3.63, 3.8) is 0 Å². The zero-order valence-corrected chi connectivity index (χ0v) is 14.6. The lowest BCUT2D eigenvalue weighted by atomic mass is 10.1. The number of aromatic nitrogens is 1. The van der Waals surface area contributed by atoms with E-state index in [4.69, 9.17) is 15.2 Å². The Balaban J connectivity index is 1.82. The number of nitrogens with one attached hydrogen (secondary N) is 1. The van der Waals surface area contributed by atoms with Gasteiger partial charge in [0.1, 0.15) is 5.82 Å². The Labute approximate surface area is 150 Å². The van der Waals surface area contributed by atoms with Gasteiger partial charge in [0.15, 0.2) is 11.5 Å². The number of anilines is 2. The fourth-order valence-electron chi connectivity index (χ4n) is 2.86. The average molecular weight is 357 g/mol. The number of hydrogen-bond donors (Lipinski definition) is 2. The molecule has 3 rings (SSSR count). The van der Waals surface area contributed by atoms with Crippen LogP contribution in [-0.2, 0) is 11.2 Å². The first-order valence-corrected chi connectivity index (χ1v) is 8.18. The van der Waals surface area contributed by atoms with Gasteiger partial charge < -0.3 is 20.5 Å². The smallest absolute Gasteiger partial charge is 0.229 e. The standard InChI is InChI=1S/C19H20FN3O3/c1-25-16-8-13(21)15(9-17(16)26-2)23-18(24)7-11-10-22-14-6-4-3-5-12(14)19(11)20/h5-6,8-10H,3-4,7,21H2,1-2H3,(H,23,24). The normalized spacial score (nSPS) is 12.4. The minimum atomic E-state index is -0.401. The highest BCUT2D eigenvalue weighted by atomic mass is 19.1. The summed E-state index contributed by atoms with van der Waals surface area (Å²) in [6.07, 6.45) is 6.58. The summed E-state index contributed by atoms with van der Waals surface area (Å²) in [7, 11) is 2.98. The van der Waals surface area contributed by atoms with Gasteiger partial charge in [-0.1, -0.05) is 12.2 Å². The van der Waals surface area contributed by atoms with Crippen LogP contribution in [0.1, 0.15) is 18.4 Å². The van der Waals surface area contributed by atoms with Crippen molar-refractivity contribution >= 4 is 29.4 Å². The average Bonchev–Trinajstić information content (AvgIpc) is 2.65. The van der Waals surface area contributed by atoms with Gasteiger partial charge in [-0.25, -0.2) is 4.39 Å². The molecule has 1 amide bonds. The van der Waals surface area contributed by atoms with Crippen LogP contribution in [0.4, 0.5) is 15.8 Å². The number of fused-ring (bicyclic) bond motifs is 1. The van der Waals surface area contributed by atoms with Crippen LogP contribution in [0.5, 0.6) is 11.5 Å². The number of nitrogens with two attached hydrogens (primary N) is 1. The highest BCUT2D eigenvalue weighted by Gasteiger charge is 2.15. The predicted octanol–water partition coefficient (Wildman–Crippen LogP) is 1.36. The second-order valence-electron chi connectivity index (χ2n) is 5.90. The Morgan fingerprint density at radius 1 is 1.23 bits per heavy atom. The van der Waals surface area contributed by atoms with Crippen LogP contribution in [0, 0.1) is 5.82 Å². The summed E-state index contributed by atoms with van der Waals surface area (Å²) in [4.78, 5) is 16.6. The van der Waals surface area contributed by atoms with Crippen molar-refractivity contribution in [3.8, 4) is 11.5 Å². The zero-order chi connectivity index (χ0) is 18.7. The van der Waals surface area contributed by atoms with Crippen LogP contribution in [0.25, 0.3) is 12.2 Å². The molecule has 1 aliphatic rings. The van der Waals surface area contributed by atoms with Gasteiger partial charge in [0, 0.05) is 29.1 Å². The minimum absolute atomic E-state index is 0.145. The molecule has 1 heterocycles. The highest BCUT2D eigenvalue weighted by molar-refractivity contribution is 5.95. The van der Waals surface area contributed by atoms with E-state index in [1.165, 1.54) is 20.4 Å². The van der Waals surface area contributed by atoms with E-state index in [1.54, 1.807) is 12.1 Å². The molecule has 7 heteroatoms. The highest BCUT2D eigenvalue weighted by Crippen LogP contribution is 2.34. The van der Waals surface area contributed by atoms with Crippen LogP contribution >= 0.6 is 0 Å². The molecule has 1 aromatic heterocycles. The Morgan fingerprint density at radius 2 is 1.92 bits per heavy atom. The van der Waals surface area contributed by atoms with E-state index in [9.17, 15) is 9.18 Å². The molecule has 6 nitrogen and oxygen atoms in total. The number of pyridine rings is 1. The first-order chi connectivity index (χ1) is 12.5. The van der Waals surface area contributed by atoms with Crippen molar-refractivity contribution < 1.29 is 18.7 Å². The van der Waals surface area contributed by atoms with Crippen LogP contribution in [0.3, 0.4) is 0 Å². The van der Waals surface area contributed by atoms with Gasteiger partial charge in [-0.3, -0.25) is 9.78 Å². The SMILES string of the molecule is COc1cc(N)c(NC(=O)Cc2cnc3c(c2F)=CCCC=3)cc1OC. The van der Waals surface area contributed by atoms with Crippen LogP contribution in [-0.4, -0.2) is 25.1 Å². The number of carbonyl (C=O) groups excluding carboxylic acids is 1. The number of nitrogens with zero attached hydrogens (tertiary/aromatic N) is 1. The number of halogens is 1. The maximum atomic E-state index is 14.6. The maximum Gasteiger partial charge on any atom is 0.229 e. The summed E-state index contributed by atoms with van der Waals surface area (Å²) < 4.78 is 25.0. The van der Waals surface area contributed by atoms with E-state index in [0.717, 1.165) is 12.8 Å². The number of hydrogen-bond acceptors (Lipinski definition) is 5. The quantitative estimate of drug-likeness (QED) is 0.789. The van der Waals surface area contributed by atoms with Gasteiger partial charge in [-0.2, -0.15) is 0 Å². The molecule has 2 aromatic rings. The molecule has 3 N–H and O–H groups in total. The van der Waals surface area contributed by atoms with Crippen molar-refractivity contribution in [1.29, 1.82) is 0 Å². The third kappa shape index (κ3) is 3.46. The van der Waals surface area contributed by atoms with Crippen LogP contribution in [0.15, 0.2) is 18.3 Å². The molecule has 0 saturated heterocycles. The van der Waals surface area contributed by atoms with Crippen LogP contribution in [0.2, 0.25) is 0 Å². The lowest BCUT2D eigenvalue weighted by molar-refractivity contribution is -0.115. The second-order valence-corrected chi connectivity index (χ2v) is 5.90. The summed E-state index contributed by atoms with van der Waals surface area (Å²) in [5.41, 5.74) is 6.88. The van der Waals surface area contributed by atoms with Crippen molar-refractivity contribution in [2.75, 3.05) is 25.3 Å². The van der Waals surface area contributed by atoms with Gasteiger partial charge in [0.25, 0.3) is 0 Å². The molecule has 1 aliphatic carbocycles. The summed E-state index contributed by atoms with van der Waals surface area (Å²) in [5, 5.41) is 3.77. The van der Waals surface area contributed by atoms with Gasteiger partial charge in [-0.05, 0) is 12.8 Å². The van der Waals surface area contributed by atoms with Crippen molar-refractivity contribution in [3.05, 3.63) is 40.3 Å². The van der Waals surface area contributed by atoms with Gasteiger partial charge in [0.2, 0.25) is 5.91 Å². The van der Waals surface area contributed by atoms with Crippen molar-refractivity contribution in [1.82, 2.24) is 4.98 Å². The number of methoxy groups -OCH3 is 2. The minimum Gasteiger partial charge on any atom is -0.493 e. The predicted molar refractivity (Wildman–Crippen MR) is 97.9 cm³/mol. The molecular weight excluding hydrogens is 337 g/mol. The number of benzene rings is 1. The van der Waals surface area contributed by atoms with E-state index in [0.29, 0.717) is 33.4 Å². The third-order valence-corrected chi connectivity index (χ3v) is 4.19. The Kier molecular flexibility index (Phi) is 5.06. The van der Waals surface area contributed by atoms with E-state index >= 15 is 0 Å². The number of rotatable bonds is 5. The summed E-state index contributed by atoms with van der Waals surface area (Å²) >= 11 is 0. The molecule has 0 aliphatic heterocycles. The topological polar surface area (TPSA) is 86.5 Å². The molecule has 0 atom stereocenters. The molecular formula is C19H20FN3O3. The Bertz CT molecular complexity index is 973. The molecule has 0 fully saturated rings. The second kappa shape index (κ2) is 7.43. The zero-order valence-electron chi connectivity index (χ0n) is 14.6. The molecule has 1 aromatic carbocycles. The monoisotopic (exact) mass is 357 g/mol. The molecule has 0 saturated carbocycles. The number of ether oxygens (including phenoxy) is 2. The molecule has 0 bridgehead atoms. The van der Waals surface area contributed by atoms with E-state index < -0.39 is 11.7 Å². The fraction of sp³-hybridized carbons (Fsp3) is 0.263. The first kappa shape index (κ1) is 17.7. The number of carbonyl (C=O) groups is 1. The van der Waals surface area contributed by atoms with Crippen molar-refractivity contribution in [2.45, 2.75) is 19.3 Å². The number of nitrogen functional groups attached to an aromatic ring is 1. The molecule has 0 unspecified atom stereocenters. The largest absolute Gasteiger partial charge is 0.493 e. The van der Waals surface area contributed by atoms with Gasteiger partial charge >= 0.3 is 0 Å². The third-order valence-electron chi connectivity index (χ3n) is 4.19. The van der Waals surface area contributed by atoms with E-state index in [2.05, 4.69) is 10.3 Å². The molecule has 136 valence electrons. The van der Waals surface area contributed by atoms with E-state index in [1.807, 2.05) is 12.2 Å². The number of amides is 1. The molecule has 0 spiro atoms. The van der Waals surface area contributed by atoms with Gasteiger partial charge in [0.05, 0.1) is 37.4 Å². The summed E-state index contributed by atoms with van der Waals surface area (Å²) in [6.45, 7) is 0. The first-order valence-electron chi connectivity index (χ1n) is 8.18. The Morgan fingerprint density at radius 3 is 2.65 bits per heavy atom.